The topological polar surface area (TPSA) is 353 Å². The molecule has 550 valence electrons. The number of hydrogen-bond donors (Lipinski definition) is 7. The maximum Gasteiger partial charge on any atom is 0.479 e. The van der Waals surface area contributed by atoms with Gasteiger partial charge in [0.15, 0.2) is 0 Å². The number of alkyl carbamates (subject to hydrolysis) is 2. The van der Waals surface area contributed by atoms with E-state index in [1.807, 2.05) is 17.2 Å². The van der Waals surface area contributed by atoms with Crippen LogP contribution in [0, 0.1) is 0 Å². The monoisotopic (exact) mass is 1510 g/mol. The molecule has 8 heterocycles. The van der Waals surface area contributed by atoms with Crippen molar-refractivity contribution in [2.75, 3.05) is 145 Å². The second-order valence-electron chi connectivity index (χ2n) is 25.7. The van der Waals surface area contributed by atoms with Gasteiger partial charge in [0, 0.05) is 114 Å². The number of carboxylic acid groups (broad SMARTS) is 1. The van der Waals surface area contributed by atoms with E-state index in [1.165, 1.54) is 61.2 Å². The molecule has 0 saturated carbocycles. The van der Waals surface area contributed by atoms with Gasteiger partial charge in [0.2, 0.25) is 5.36 Å². The number of fused-ring (bicyclic) bond motifs is 5. The van der Waals surface area contributed by atoms with Crippen LogP contribution in [0.25, 0.3) is 5.57 Å². The quantitative estimate of drug-likeness (QED) is 0.00505. The van der Waals surface area contributed by atoms with Gasteiger partial charge in [0.1, 0.15) is 66.6 Å². The lowest BCUT2D eigenvalue weighted by atomic mass is 9.81. The highest BCUT2D eigenvalue weighted by molar-refractivity contribution is 8.77. The largest absolute Gasteiger partial charge is 0.479 e. The van der Waals surface area contributed by atoms with Gasteiger partial charge < -0.3 is 84.3 Å². The number of nitrogens with two attached hydrogens (primary N) is 1. The maximum atomic E-state index is 13.9. The number of nitrogen functional groups attached to an aromatic ring is 1. The predicted molar refractivity (Wildman–Crippen MR) is 388 cm³/mol. The normalized spacial score (nSPS) is 19.7. The van der Waals surface area contributed by atoms with E-state index < -0.39 is 59.1 Å². The number of phosphoric ester groups is 1. The molecular formula is C67H90N9O19P2S4+. The van der Waals surface area contributed by atoms with E-state index in [9.17, 15) is 38.3 Å². The van der Waals surface area contributed by atoms with E-state index >= 15 is 0 Å². The first-order chi connectivity index (χ1) is 48.9. The third kappa shape index (κ3) is 19.6. The number of benzene rings is 3. The zero-order chi connectivity index (χ0) is 71.0. The summed E-state index contributed by atoms with van der Waals surface area (Å²) in [5.41, 5.74) is 15.9. The highest BCUT2D eigenvalue weighted by Crippen LogP contribution is 2.52. The number of anilines is 3. The molecule has 1 aromatic heterocycles. The van der Waals surface area contributed by atoms with E-state index in [1.54, 1.807) is 45.9 Å². The van der Waals surface area contributed by atoms with Gasteiger partial charge in [-0.2, -0.15) is 0 Å². The molecule has 0 spiro atoms. The zero-order valence-corrected chi connectivity index (χ0v) is 62.1. The van der Waals surface area contributed by atoms with Crippen LogP contribution in [-0.4, -0.2) is 202 Å². The summed E-state index contributed by atoms with van der Waals surface area (Å²) in [6.45, 7) is 10.8. The molecule has 11 rings (SSSR count). The Morgan fingerprint density at radius 1 is 0.851 bits per heavy atom. The Morgan fingerprint density at radius 3 is 2.39 bits per heavy atom. The number of hydrogen-bond acceptors (Lipinski definition) is 25. The van der Waals surface area contributed by atoms with Crippen LogP contribution in [0.1, 0.15) is 124 Å². The molecule has 7 aliphatic heterocycles. The number of carbonyl (C=O) groups is 4. The van der Waals surface area contributed by atoms with Crippen molar-refractivity contribution in [3.63, 3.8) is 0 Å². The standard InChI is InChI=1S/C67H89N9O19P2S4/c1-67(2,101-100-40-88-26-4-5-27-89-65(80)70-19-6-11-45-36-76(62-54(45)61(68)72-39-73-62)52-37-91-53(60(52)92-41-99-98-3)38-93-97(84,85)95-96(82)83)18-28-90-66(81)71-21-30-87-32-31-86-29-20-69-63(77)44-16-17-46(64(78)79)49(35-44)55-50-33-42-12-7-22-74-24-9-14-47(56(42)74)58(50)94-59-48-15-10-25-75-23-8-13-43(57(48)75)34-51(55)59/h6,11,16-17,33-35,39,45,52-53,60,96H,4-5,7-10,12-15,18-32,36-38,40-41H2,1-3H3,(H7-,68,69,70,71,72,73,77,78,79,80,81,82,83,84,85)/p+1/b11-6+/t45?,52-,53-,60?/m1/s1. The summed E-state index contributed by atoms with van der Waals surface area (Å²) in [7, 11) is -2.44. The Bertz CT molecular complexity index is 3890. The second kappa shape index (κ2) is 36.4. The molecule has 0 bridgehead atoms. The van der Waals surface area contributed by atoms with Crippen molar-refractivity contribution < 1.29 is 89.9 Å². The molecule has 3 aromatic carbocycles. The van der Waals surface area contributed by atoms with Gasteiger partial charge in [-0.3, -0.25) is 13.9 Å². The molecule has 8 N–H and O–H groups in total. The highest BCUT2D eigenvalue weighted by atomic mass is 33.1. The number of carbonyl (C=O) groups excluding carboxylic acids is 3. The number of carboxylic acids is 1. The molecule has 34 heteroatoms. The van der Waals surface area contributed by atoms with Crippen LogP contribution in [0.2, 0.25) is 0 Å². The molecule has 4 unspecified atom stereocenters. The molecular weight excluding hydrogens is 1420 g/mol. The Labute approximate surface area is 603 Å². The molecule has 1 saturated heterocycles. The average Bonchev–Trinajstić information content (AvgIpc) is 1.38. The smallest absolute Gasteiger partial charge is 0.478 e. The molecule has 3 amide bonds. The first kappa shape index (κ1) is 76.5. The highest BCUT2D eigenvalue weighted by Gasteiger charge is 2.47. The fourth-order valence-corrected chi connectivity index (χ4v) is 18.4. The van der Waals surface area contributed by atoms with Gasteiger partial charge in [-0.15, -0.1) is 0 Å². The molecule has 4 aromatic rings. The number of aromatic carboxylic acids is 1. The molecule has 7 aliphatic rings. The van der Waals surface area contributed by atoms with Gasteiger partial charge in [0.05, 0.1) is 70.0 Å². The average molecular weight is 1520 g/mol. The van der Waals surface area contributed by atoms with Crippen molar-refractivity contribution >= 4 is 106 Å². The number of aryl methyl sites for hydroxylation is 2. The van der Waals surface area contributed by atoms with Crippen LogP contribution in [-0.2, 0) is 76.8 Å². The first-order valence-corrected chi connectivity index (χ1v) is 41.9. The SMILES string of the molecule is CSSCOC1[C@H](N2CC(/C=C/CNC(=O)OCCCCOCSSC(C)(C)CCOC(=O)NCCOCCOCCNC(=O)c3ccc(C(=O)O)c(C4=c5cc6c7c(c5Oc5c4cc4c8c5CCCN8CCC4)CCC[N+]=7CCC6)c3)c3c(N)ncnc32)CO[C@@H]1COP(=O)(O)O[PH](=O)O. The van der Waals surface area contributed by atoms with E-state index in [2.05, 4.69) is 65.7 Å². The lowest BCUT2D eigenvalue weighted by Crippen LogP contribution is -2.47. The van der Waals surface area contributed by atoms with Crippen molar-refractivity contribution in [1.82, 2.24) is 30.5 Å². The Hall–Kier alpha value is -5.67. The number of phosphoric acid groups is 1. The molecule has 1 fully saturated rings. The summed E-state index contributed by atoms with van der Waals surface area (Å²) < 4.78 is 82.0. The number of nitrogens with one attached hydrogen (secondary N) is 3. The minimum absolute atomic E-state index is 0.128. The number of rotatable bonds is 37. The molecule has 0 radical (unpaired) electrons. The Kier molecular flexibility index (Phi) is 27.5. The lowest BCUT2D eigenvalue weighted by molar-refractivity contribution is -0.0197. The molecule has 0 aliphatic carbocycles. The zero-order valence-electron chi connectivity index (χ0n) is 56.9. The number of unbranched alkanes of at least 4 members (excludes halogenated alkanes) is 1. The van der Waals surface area contributed by atoms with E-state index in [-0.39, 0.29) is 99.8 Å². The van der Waals surface area contributed by atoms with Crippen molar-refractivity contribution in [3.05, 3.63) is 109 Å². The van der Waals surface area contributed by atoms with Crippen LogP contribution in [0.5, 0.6) is 11.5 Å². The van der Waals surface area contributed by atoms with Gasteiger partial charge in [-0.25, -0.2) is 37.8 Å². The van der Waals surface area contributed by atoms with Gasteiger partial charge in [0.25, 0.3) is 5.91 Å². The van der Waals surface area contributed by atoms with Crippen molar-refractivity contribution in [2.45, 2.75) is 113 Å². The van der Waals surface area contributed by atoms with Crippen molar-refractivity contribution in [2.24, 2.45) is 0 Å². The Balaban J connectivity index is 0.530. The van der Waals surface area contributed by atoms with Crippen molar-refractivity contribution in [3.8, 4) is 11.5 Å². The summed E-state index contributed by atoms with van der Waals surface area (Å²) in [6, 6.07) is 8.91. The molecule has 6 atom stereocenters. The fourth-order valence-electron chi connectivity index (χ4n) is 14.0. The summed E-state index contributed by atoms with van der Waals surface area (Å²) in [6.07, 6.45) is 14.0. The van der Waals surface area contributed by atoms with Gasteiger partial charge in [-0.1, -0.05) is 55.3 Å². The summed E-state index contributed by atoms with van der Waals surface area (Å²) >= 11 is 0. The summed E-state index contributed by atoms with van der Waals surface area (Å²) in [5.74, 6) is 1.51. The third-order valence-corrected chi connectivity index (χ3v) is 25.0. The van der Waals surface area contributed by atoms with E-state index in [4.69, 9.17) is 53.0 Å². The van der Waals surface area contributed by atoms with Gasteiger partial charge in [-0.05, 0) is 119 Å². The number of nitrogens with zero attached hydrogens (tertiary/aromatic N) is 5. The van der Waals surface area contributed by atoms with Crippen LogP contribution in [0.4, 0.5) is 26.9 Å². The van der Waals surface area contributed by atoms with E-state index in [0.717, 1.165) is 105 Å². The fraction of sp³-hybridized carbons (Fsp3) is 0.567. The summed E-state index contributed by atoms with van der Waals surface area (Å²) in [5, 5.41) is 21.3. The van der Waals surface area contributed by atoms with Crippen LogP contribution in [0.15, 0.2) is 48.8 Å². The number of amides is 3. The molecule has 28 nitrogen and oxygen atoms in total. The second-order valence-corrected chi connectivity index (χ2v) is 33.6. The predicted octanol–water partition coefficient (Wildman–Crippen LogP) is 7.51. The Morgan fingerprint density at radius 2 is 1.59 bits per heavy atom. The van der Waals surface area contributed by atoms with Crippen LogP contribution < -0.4 is 51.4 Å². The lowest BCUT2D eigenvalue weighted by Gasteiger charge is -2.39. The minimum atomic E-state index is -4.83. The molecule has 101 heavy (non-hydrogen) atoms. The maximum absolute atomic E-state index is 13.9. The van der Waals surface area contributed by atoms with Crippen LogP contribution in [0.3, 0.4) is 0 Å². The van der Waals surface area contributed by atoms with Crippen molar-refractivity contribution in [1.29, 1.82) is 0 Å². The first-order valence-electron chi connectivity index (χ1n) is 34.1. The number of aromatic nitrogens is 2. The third-order valence-electron chi connectivity index (χ3n) is 18.5. The van der Waals surface area contributed by atoms with Gasteiger partial charge >= 0.3 is 34.2 Å². The minimum Gasteiger partial charge on any atom is -0.478 e. The summed E-state index contributed by atoms with van der Waals surface area (Å²) in [4.78, 5) is 84.1. The number of ether oxygens (including phenoxy) is 8. The van der Waals surface area contributed by atoms with E-state index in [0.29, 0.717) is 60.9 Å². The van der Waals surface area contributed by atoms with Crippen LogP contribution >= 0.6 is 59.3 Å².